The molecular weight excluding hydrogens is 244 g/mol. The Kier molecular flexibility index (Phi) is 4.88. The number of ketones is 1. The molecule has 0 atom stereocenters. The van der Waals surface area contributed by atoms with Gasteiger partial charge in [-0.25, -0.2) is 0 Å². The fourth-order valence-electron chi connectivity index (χ4n) is 1.59. The Morgan fingerprint density at radius 1 is 1.39 bits per heavy atom. The first-order valence-corrected chi connectivity index (χ1v) is 5.45. The molecule has 6 heteroatoms. The molecule has 2 N–H and O–H groups in total. The summed E-state index contributed by atoms with van der Waals surface area (Å²) in [6, 6.07) is 2.60. The number of ether oxygens (including phenoxy) is 2. The molecule has 0 radical (unpaired) electrons. The molecule has 100 valence electrons. The molecule has 1 aromatic carbocycles. The van der Waals surface area contributed by atoms with Gasteiger partial charge in [-0.15, -0.1) is 0 Å². The average molecular weight is 259 g/mol. The van der Waals surface area contributed by atoms with Gasteiger partial charge in [0.25, 0.3) is 0 Å². The first-order valence-electron chi connectivity index (χ1n) is 5.45. The van der Waals surface area contributed by atoms with Crippen molar-refractivity contribution < 1.29 is 23.0 Å². The fourth-order valence-corrected chi connectivity index (χ4v) is 1.59. The molecule has 0 amide bonds. The van der Waals surface area contributed by atoms with Crippen LogP contribution in [0.2, 0.25) is 0 Å². The highest BCUT2D eigenvalue weighted by Gasteiger charge is 2.21. The van der Waals surface area contributed by atoms with Crippen molar-refractivity contribution >= 4 is 11.5 Å². The zero-order valence-corrected chi connectivity index (χ0v) is 10.2. The summed E-state index contributed by atoms with van der Waals surface area (Å²) in [6.07, 6.45) is 0.820. The first kappa shape index (κ1) is 14.2. The number of methoxy groups -OCH3 is 1. The van der Waals surface area contributed by atoms with E-state index < -0.39 is 6.61 Å². The monoisotopic (exact) mass is 259 g/mol. The summed E-state index contributed by atoms with van der Waals surface area (Å²) in [5.74, 6) is -0.422. The van der Waals surface area contributed by atoms with Gasteiger partial charge in [0, 0.05) is 24.2 Å². The van der Waals surface area contributed by atoms with Crippen LogP contribution in [0.25, 0.3) is 0 Å². The van der Waals surface area contributed by atoms with E-state index in [9.17, 15) is 13.6 Å². The SMILES string of the molecule is CCCC(=O)c1c(OC)cc(N)cc1OC(F)F. The maximum absolute atomic E-state index is 12.3. The highest BCUT2D eigenvalue weighted by Crippen LogP contribution is 2.34. The second-order valence-corrected chi connectivity index (χ2v) is 3.65. The van der Waals surface area contributed by atoms with E-state index in [1.807, 2.05) is 6.92 Å². The molecule has 0 aliphatic carbocycles. The summed E-state index contributed by atoms with van der Waals surface area (Å²) in [6.45, 7) is -1.21. The van der Waals surface area contributed by atoms with Crippen molar-refractivity contribution in [3.8, 4) is 11.5 Å². The van der Waals surface area contributed by atoms with Crippen LogP contribution in [0.4, 0.5) is 14.5 Å². The number of benzene rings is 1. The van der Waals surface area contributed by atoms with E-state index in [2.05, 4.69) is 4.74 Å². The van der Waals surface area contributed by atoms with E-state index in [4.69, 9.17) is 10.5 Å². The third-order valence-electron chi connectivity index (χ3n) is 2.28. The normalized spacial score (nSPS) is 10.5. The predicted molar refractivity (Wildman–Crippen MR) is 63.3 cm³/mol. The van der Waals surface area contributed by atoms with Crippen LogP contribution in [0, 0.1) is 0 Å². The van der Waals surface area contributed by atoms with Gasteiger partial charge in [0.05, 0.1) is 7.11 Å². The number of halogens is 2. The van der Waals surface area contributed by atoms with Crippen molar-refractivity contribution in [3.05, 3.63) is 17.7 Å². The summed E-state index contributed by atoms with van der Waals surface area (Å²) in [7, 11) is 1.34. The molecule has 0 spiro atoms. The first-order chi connectivity index (χ1) is 8.49. The molecule has 1 aromatic rings. The average Bonchev–Trinajstić information content (AvgIpc) is 2.27. The molecule has 0 heterocycles. The third kappa shape index (κ3) is 3.32. The Morgan fingerprint density at radius 2 is 2.00 bits per heavy atom. The Labute approximate surface area is 104 Å². The van der Waals surface area contributed by atoms with Crippen LogP contribution in [0.15, 0.2) is 12.1 Å². The number of carbonyl (C=O) groups excluding carboxylic acids is 1. The number of anilines is 1. The van der Waals surface area contributed by atoms with Gasteiger partial charge in [-0.3, -0.25) is 4.79 Å². The molecule has 0 aliphatic heterocycles. The Bertz CT molecular complexity index is 436. The van der Waals surface area contributed by atoms with E-state index in [0.717, 1.165) is 0 Å². The van der Waals surface area contributed by atoms with Crippen molar-refractivity contribution in [2.24, 2.45) is 0 Å². The van der Waals surface area contributed by atoms with Crippen LogP contribution < -0.4 is 15.2 Å². The molecule has 4 nitrogen and oxygen atoms in total. The predicted octanol–water partition coefficient (Wildman–Crippen LogP) is 2.86. The second-order valence-electron chi connectivity index (χ2n) is 3.65. The molecule has 1 rings (SSSR count). The van der Waals surface area contributed by atoms with E-state index in [1.54, 1.807) is 0 Å². The molecule has 0 aromatic heterocycles. The quantitative estimate of drug-likeness (QED) is 0.630. The zero-order valence-electron chi connectivity index (χ0n) is 10.2. The number of hydrogen-bond donors (Lipinski definition) is 1. The molecule has 0 fully saturated rings. The van der Waals surface area contributed by atoms with Crippen molar-refractivity contribution in [1.29, 1.82) is 0 Å². The minimum atomic E-state index is -3.02. The number of rotatable bonds is 6. The maximum atomic E-state index is 12.3. The van der Waals surface area contributed by atoms with Gasteiger partial charge in [-0.05, 0) is 6.42 Å². The fraction of sp³-hybridized carbons (Fsp3) is 0.417. The Balaban J connectivity index is 3.27. The smallest absolute Gasteiger partial charge is 0.387 e. The number of hydrogen-bond acceptors (Lipinski definition) is 4. The van der Waals surface area contributed by atoms with Crippen molar-refractivity contribution in [2.45, 2.75) is 26.4 Å². The van der Waals surface area contributed by atoms with E-state index >= 15 is 0 Å². The van der Waals surface area contributed by atoms with Crippen LogP contribution >= 0.6 is 0 Å². The lowest BCUT2D eigenvalue weighted by molar-refractivity contribution is -0.0501. The molecule has 0 unspecified atom stereocenters. The number of nitrogen functional groups attached to an aromatic ring is 1. The lowest BCUT2D eigenvalue weighted by atomic mass is 10.0. The number of carbonyl (C=O) groups is 1. The van der Waals surface area contributed by atoms with Crippen molar-refractivity contribution in [3.63, 3.8) is 0 Å². The summed E-state index contributed by atoms with van der Waals surface area (Å²) in [4.78, 5) is 11.9. The standard InChI is InChI=1S/C12H15F2NO3/c1-3-4-8(16)11-9(17-2)5-7(15)6-10(11)18-12(13)14/h5-6,12H,3-4,15H2,1-2H3. The number of nitrogens with two attached hydrogens (primary N) is 1. The summed E-state index contributed by atoms with van der Waals surface area (Å²) >= 11 is 0. The van der Waals surface area contributed by atoms with Crippen molar-refractivity contribution in [2.75, 3.05) is 12.8 Å². The van der Waals surface area contributed by atoms with Crippen LogP contribution in [0.5, 0.6) is 11.5 Å². The number of Topliss-reactive ketones (excluding diaryl/α,β-unsaturated/α-hetero) is 1. The van der Waals surface area contributed by atoms with E-state index in [1.165, 1.54) is 19.2 Å². The van der Waals surface area contributed by atoms with Gasteiger partial charge >= 0.3 is 6.61 Å². The van der Waals surface area contributed by atoms with Crippen LogP contribution in [0.3, 0.4) is 0 Å². The van der Waals surface area contributed by atoms with E-state index in [-0.39, 0.29) is 35.0 Å². The summed E-state index contributed by atoms with van der Waals surface area (Å²) in [5.41, 5.74) is 5.74. The highest BCUT2D eigenvalue weighted by atomic mass is 19.3. The van der Waals surface area contributed by atoms with Gasteiger partial charge in [-0.2, -0.15) is 8.78 Å². The molecule has 18 heavy (non-hydrogen) atoms. The van der Waals surface area contributed by atoms with Gasteiger partial charge in [0.15, 0.2) is 5.78 Å². The van der Waals surface area contributed by atoms with Crippen LogP contribution in [0.1, 0.15) is 30.1 Å². The molecular formula is C12H15F2NO3. The van der Waals surface area contributed by atoms with E-state index in [0.29, 0.717) is 6.42 Å². The van der Waals surface area contributed by atoms with Crippen molar-refractivity contribution in [1.82, 2.24) is 0 Å². The number of alkyl halides is 2. The minimum Gasteiger partial charge on any atom is -0.496 e. The summed E-state index contributed by atoms with van der Waals surface area (Å²) < 4.78 is 33.9. The Hall–Kier alpha value is -1.85. The third-order valence-corrected chi connectivity index (χ3v) is 2.28. The molecule has 0 aliphatic rings. The summed E-state index contributed by atoms with van der Waals surface area (Å²) in [5, 5.41) is 0. The molecule has 0 saturated heterocycles. The second kappa shape index (κ2) is 6.18. The Morgan fingerprint density at radius 3 is 2.50 bits per heavy atom. The van der Waals surface area contributed by atoms with Gasteiger partial charge in [0.2, 0.25) is 0 Å². The van der Waals surface area contributed by atoms with Crippen LogP contribution in [-0.4, -0.2) is 19.5 Å². The molecule has 0 saturated carbocycles. The van der Waals surface area contributed by atoms with Crippen LogP contribution in [-0.2, 0) is 0 Å². The maximum Gasteiger partial charge on any atom is 0.387 e. The molecule has 0 bridgehead atoms. The zero-order chi connectivity index (χ0) is 13.7. The van der Waals surface area contributed by atoms with Gasteiger partial charge in [-0.1, -0.05) is 6.92 Å². The highest BCUT2D eigenvalue weighted by molar-refractivity contribution is 6.01. The minimum absolute atomic E-state index is 0.00819. The largest absolute Gasteiger partial charge is 0.496 e. The topological polar surface area (TPSA) is 61.5 Å². The lowest BCUT2D eigenvalue weighted by Gasteiger charge is -2.14. The van der Waals surface area contributed by atoms with Gasteiger partial charge < -0.3 is 15.2 Å². The van der Waals surface area contributed by atoms with Gasteiger partial charge in [0.1, 0.15) is 17.1 Å². The lowest BCUT2D eigenvalue weighted by Crippen LogP contribution is -2.10.